The summed E-state index contributed by atoms with van der Waals surface area (Å²) < 4.78 is 17.8. The normalized spacial score (nSPS) is 13.8. The van der Waals surface area contributed by atoms with Gasteiger partial charge in [-0.3, -0.25) is 4.79 Å². The molecular weight excluding hydrogens is 279 g/mol. The molecule has 20 heavy (non-hydrogen) atoms. The predicted molar refractivity (Wildman–Crippen MR) is 80.1 cm³/mol. The lowest BCUT2D eigenvalue weighted by Crippen LogP contribution is -2.12. The SMILES string of the molecule is C=C(CP(=O)(CCC(=O)OCC)CC(C)C)OOCC. The van der Waals surface area contributed by atoms with Crippen molar-refractivity contribution in [1.29, 1.82) is 0 Å². The fourth-order valence-electron chi connectivity index (χ4n) is 1.92. The van der Waals surface area contributed by atoms with Gasteiger partial charge in [0.15, 0.2) is 0 Å². The van der Waals surface area contributed by atoms with E-state index in [1.165, 1.54) is 0 Å². The molecule has 0 aromatic rings. The lowest BCUT2D eigenvalue weighted by molar-refractivity contribution is -0.256. The fourth-order valence-corrected chi connectivity index (χ4v) is 5.00. The zero-order chi connectivity index (χ0) is 15.6. The Morgan fingerprint density at radius 1 is 1.25 bits per heavy atom. The molecule has 0 saturated carbocycles. The van der Waals surface area contributed by atoms with Crippen LogP contribution in [0.25, 0.3) is 0 Å². The van der Waals surface area contributed by atoms with Gasteiger partial charge in [0, 0.05) is 12.3 Å². The van der Waals surface area contributed by atoms with Gasteiger partial charge < -0.3 is 14.2 Å². The second-order valence-corrected chi connectivity index (χ2v) is 8.34. The molecule has 1 unspecified atom stereocenters. The van der Waals surface area contributed by atoms with Crippen LogP contribution in [0.4, 0.5) is 0 Å². The first-order valence-electron chi connectivity index (χ1n) is 7.03. The lowest BCUT2D eigenvalue weighted by atomic mass is 10.3. The predicted octanol–water partition coefficient (Wildman–Crippen LogP) is 3.44. The second-order valence-electron chi connectivity index (χ2n) is 5.10. The first-order valence-corrected chi connectivity index (χ1v) is 9.29. The molecule has 0 bridgehead atoms. The van der Waals surface area contributed by atoms with Gasteiger partial charge >= 0.3 is 5.97 Å². The van der Waals surface area contributed by atoms with Gasteiger partial charge in [-0.05, 0) is 19.8 Å². The molecular formula is C14H27O5P. The van der Waals surface area contributed by atoms with E-state index in [1.807, 2.05) is 13.8 Å². The van der Waals surface area contributed by atoms with E-state index >= 15 is 0 Å². The van der Waals surface area contributed by atoms with Gasteiger partial charge in [0.1, 0.15) is 5.76 Å². The topological polar surface area (TPSA) is 61.8 Å². The molecule has 0 fully saturated rings. The number of hydrogen-bond donors (Lipinski definition) is 0. The molecule has 0 aliphatic carbocycles. The number of ether oxygens (including phenoxy) is 1. The number of esters is 1. The molecule has 6 heteroatoms. The Morgan fingerprint density at radius 2 is 1.90 bits per heavy atom. The summed E-state index contributed by atoms with van der Waals surface area (Å²) in [6, 6.07) is 0. The molecule has 0 aromatic carbocycles. The fraction of sp³-hybridized carbons (Fsp3) is 0.786. The van der Waals surface area contributed by atoms with E-state index in [0.29, 0.717) is 31.3 Å². The third kappa shape index (κ3) is 9.16. The van der Waals surface area contributed by atoms with Gasteiger partial charge in [0.2, 0.25) is 0 Å². The van der Waals surface area contributed by atoms with Crippen LogP contribution in [0.2, 0.25) is 0 Å². The molecule has 0 saturated heterocycles. The molecule has 0 aliphatic rings. The van der Waals surface area contributed by atoms with Crippen molar-refractivity contribution in [3.05, 3.63) is 12.3 Å². The Bertz CT molecular complexity index is 351. The minimum Gasteiger partial charge on any atom is -0.466 e. The molecule has 0 aromatic heterocycles. The van der Waals surface area contributed by atoms with Crippen molar-refractivity contribution in [2.45, 2.75) is 34.1 Å². The Morgan fingerprint density at radius 3 is 2.40 bits per heavy atom. The van der Waals surface area contributed by atoms with E-state index < -0.39 is 7.14 Å². The van der Waals surface area contributed by atoms with E-state index in [-0.39, 0.29) is 24.5 Å². The van der Waals surface area contributed by atoms with Gasteiger partial charge in [0.25, 0.3) is 0 Å². The summed E-state index contributed by atoms with van der Waals surface area (Å²) >= 11 is 0. The average Bonchev–Trinajstić information content (AvgIpc) is 2.33. The van der Waals surface area contributed by atoms with Gasteiger partial charge in [-0.1, -0.05) is 20.4 Å². The largest absolute Gasteiger partial charge is 0.466 e. The molecule has 0 N–H and O–H groups in total. The average molecular weight is 306 g/mol. The maximum atomic E-state index is 12.9. The Labute approximate surface area is 122 Å². The highest BCUT2D eigenvalue weighted by molar-refractivity contribution is 7.64. The minimum atomic E-state index is -2.55. The van der Waals surface area contributed by atoms with Crippen LogP contribution in [-0.2, 0) is 23.9 Å². The number of hydrogen-bond acceptors (Lipinski definition) is 5. The van der Waals surface area contributed by atoms with E-state index in [2.05, 4.69) is 6.58 Å². The summed E-state index contributed by atoms with van der Waals surface area (Å²) in [4.78, 5) is 21.1. The van der Waals surface area contributed by atoms with Crippen molar-refractivity contribution in [2.75, 3.05) is 31.7 Å². The number of allylic oxidation sites excluding steroid dienone is 1. The first-order chi connectivity index (χ1) is 9.33. The van der Waals surface area contributed by atoms with Crippen molar-refractivity contribution >= 4 is 13.1 Å². The first kappa shape index (κ1) is 19.2. The molecule has 0 aliphatic heterocycles. The quantitative estimate of drug-likeness (QED) is 0.192. The summed E-state index contributed by atoms with van der Waals surface area (Å²) in [6.45, 7) is 12.0. The third-order valence-corrected chi connectivity index (χ3v) is 5.85. The Balaban J connectivity index is 4.53. The number of rotatable bonds is 11. The van der Waals surface area contributed by atoms with Crippen molar-refractivity contribution in [2.24, 2.45) is 5.92 Å². The Hall–Kier alpha value is -0.800. The van der Waals surface area contributed by atoms with E-state index in [0.717, 1.165) is 0 Å². The molecule has 0 amide bonds. The van der Waals surface area contributed by atoms with Crippen molar-refractivity contribution in [3.8, 4) is 0 Å². The molecule has 0 rings (SSSR count). The second kappa shape index (κ2) is 10.0. The smallest absolute Gasteiger partial charge is 0.306 e. The zero-order valence-electron chi connectivity index (χ0n) is 13.0. The van der Waals surface area contributed by atoms with Gasteiger partial charge in [-0.15, -0.1) is 0 Å². The maximum absolute atomic E-state index is 12.9. The summed E-state index contributed by atoms with van der Waals surface area (Å²) in [5, 5.41) is 0. The van der Waals surface area contributed by atoms with Crippen LogP contribution in [0, 0.1) is 5.92 Å². The summed E-state index contributed by atoms with van der Waals surface area (Å²) in [5.74, 6) is 0.315. The van der Waals surface area contributed by atoms with Crippen molar-refractivity contribution in [1.82, 2.24) is 0 Å². The molecule has 1 atom stereocenters. The van der Waals surface area contributed by atoms with Crippen LogP contribution in [0.15, 0.2) is 12.3 Å². The van der Waals surface area contributed by atoms with Gasteiger partial charge in [-0.2, -0.15) is 4.89 Å². The maximum Gasteiger partial charge on any atom is 0.306 e. The van der Waals surface area contributed by atoms with Crippen molar-refractivity contribution in [3.63, 3.8) is 0 Å². The highest BCUT2D eigenvalue weighted by atomic mass is 31.2. The van der Waals surface area contributed by atoms with Crippen LogP contribution < -0.4 is 0 Å². The summed E-state index contributed by atoms with van der Waals surface area (Å²) in [5.41, 5.74) is 0. The molecule has 0 heterocycles. The Kier molecular flexibility index (Phi) is 9.60. The van der Waals surface area contributed by atoms with Crippen LogP contribution in [0.1, 0.15) is 34.1 Å². The minimum absolute atomic E-state index is 0.166. The molecule has 0 radical (unpaired) electrons. The molecule has 5 nitrogen and oxygen atoms in total. The van der Waals surface area contributed by atoms with Gasteiger partial charge in [-0.25, -0.2) is 0 Å². The number of carbonyl (C=O) groups is 1. The molecule has 0 spiro atoms. The van der Waals surface area contributed by atoms with E-state index in [9.17, 15) is 9.36 Å². The van der Waals surface area contributed by atoms with Crippen LogP contribution in [0.3, 0.4) is 0 Å². The molecule has 118 valence electrons. The zero-order valence-corrected chi connectivity index (χ0v) is 13.9. The van der Waals surface area contributed by atoms with Crippen LogP contribution in [0.5, 0.6) is 0 Å². The summed E-state index contributed by atoms with van der Waals surface area (Å²) in [7, 11) is -2.55. The van der Waals surface area contributed by atoms with E-state index in [4.69, 9.17) is 14.5 Å². The van der Waals surface area contributed by atoms with Crippen LogP contribution >= 0.6 is 7.14 Å². The number of carbonyl (C=O) groups excluding carboxylic acids is 1. The lowest BCUT2D eigenvalue weighted by Gasteiger charge is -2.20. The van der Waals surface area contributed by atoms with E-state index in [1.54, 1.807) is 13.8 Å². The highest BCUT2D eigenvalue weighted by Gasteiger charge is 2.26. The van der Waals surface area contributed by atoms with Gasteiger partial charge in [0.05, 0.1) is 32.9 Å². The van der Waals surface area contributed by atoms with Crippen LogP contribution in [-0.4, -0.2) is 37.7 Å². The highest BCUT2D eigenvalue weighted by Crippen LogP contribution is 2.49. The standard InChI is InChI=1S/C14H27O5P/c1-6-17-14(15)8-9-20(16,10-12(3)4)11-13(5)19-18-7-2/h12H,5-11H2,1-4H3. The third-order valence-electron chi connectivity index (χ3n) is 2.49. The van der Waals surface area contributed by atoms with Crippen molar-refractivity contribution < 1.29 is 23.9 Å². The monoisotopic (exact) mass is 306 g/mol. The summed E-state index contributed by atoms with van der Waals surface area (Å²) in [6.07, 6.45) is 1.28.